The minimum absolute atomic E-state index is 0.0438. The quantitative estimate of drug-likeness (QED) is 0.542. The van der Waals surface area contributed by atoms with E-state index in [1.54, 1.807) is 12.1 Å². The van der Waals surface area contributed by atoms with E-state index in [1.807, 2.05) is 48.5 Å². The number of H-pyrrole nitrogens is 1. The summed E-state index contributed by atoms with van der Waals surface area (Å²) in [6, 6.07) is 18.5. The van der Waals surface area contributed by atoms with Gasteiger partial charge in [0, 0.05) is 5.56 Å². The van der Waals surface area contributed by atoms with E-state index in [9.17, 15) is 9.59 Å². The predicted octanol–water partition coefficient (Wildman–Crippen LogP) is 2.67. The fraction of sp³-hybridized carbons (Fsp3) is 0.111. The fourth-order valence-electron chi connectivity index (χ4n) is 2.08. The van der Waals surface area contributed by atoms with Crippen molar-refractivity contribution in [3.8, 4) is 11.3 Å². The van der Waals surface area contributed by atoms with Crippen molar-refractivity contribution in [2.24, 2.45) is 0 Å². The lowest BCUT2D eigenvalue weighted by atomic mass is 10.2. The summed E-state index contributed by atoms with van der Waals surface area (Å²) in [7, 11) is 0. The maximum absolute atomic E-state index is 12.1. The van der Waals surface area contributed by atoms with Crippen LogP contribution < -0.4 is 5.56 Å². The highest BCUT2D eigenvalue weighted by atomic mass is 32.2. The average molecular weight is 353 g/mol. The molecule has 6 nitrogen and oxygen atoms in total. The number of aromatic nitrogens is 3. The Kier molecular flexibility index (Phi) is 5.58. The van der Waals surface area contributed by atoms with Crippen LogP contribution in [-0.4, -0.2) is 26.9 Å². The van der Waals surface area contributed by atoms with Crippen LogP contribution in [-0.2, 0) is 16.1 Å². The van der Waals surface area contributed by atoms with E-state index < -0.39 is 0 Å². The zero-order chi connectivity index (χ0) is 17.5. The summed E-state index contributed by atoms with van der Waals surface area (Å²) in [6.45, 7) is 0.218. The predicted molar refractivity (Wildman–Crippen MR) is 95.1 cm³/mol. The molecule has 0 bridgehead atoms. The van der Waals surface area contributed by atoms with E-state index in [2.05, 4.69) is 15.2 Å². The van der Waals surface area contributed by atoms with Crippen LogP contribution in [0.15, 0.2) is 70.6 Å². The van der Waals surface area contributed by atoms with E-state index in [0.29, 0.717) is 5.56 Å². The third kappa shape index (κ3) is 4.77. The third-order valence-electron chi connectivity index (χ3n) is 3.29. The van der Waals surface area contributed by atoms with Crippen molar-refractivity contribution in [2.75, 3.05) is 5.75 Å². The number of nitrogens with one attached hydrogen (secondary N) is 1. The van der Waals surface area contributed by atoms with Gasteiger partial charge in [-0.25, -0.2) is 0 Å². The van der Waals surface area contributed by atoms with Gasteiger partial charge < -0.3 is 4.74 Å². The molecule has 2 aromatic carbocycles. The highest BCUT2D eigenvalue weighted by Crippen LogP contribution is 2.14. The Balaban J connectivity index is 1.56. The zero-order valence-electron chi connectivity index (χ0n) is 13.2. The molecular formula is C18H15N3O3S. The molecule has 0 amide bonds. The van der Waals surface area contributed by atoms with Crippen molar-refractivity contribution in [2.45, 2.75) is 11.8 Å². The van der Waals surface area contributed by atoms with Gasteiger partial charge in [-0.3, -0.25) is 14.6 Å². The summed E-state index contributed by atoms with van der Waals surface area (Å²) in [5.41, 5.74) is 1.51. The van der Waals surface area contributed by atoms with Crippen molar-refractivity contribution in [1.82, 2.24) is 15.2 Å². The van der Waals surface area contributed by atoms with Gasteiger partial charge in [0.25, 0.3) is 5.56 Å². The third-order valence-corrected chi connectivity index (χ3v) is 4.13. The van der Waals surface area contributed by atoms with Crippen LogP contribution in [0.1, 0.15) is 5.56 Å². The number of hydrogen-bond donors (Lipinski definition) is 1. The number of esters is 1. The van der Waals surface area contributed by atoms with Crippen LogP contribution in [0, 0.1) is 0 Å². The van der Waals surface area contributed by atoms with Crippen molar-refractivity contribution in [1.29, 1.82) is 0 Å². The summed E-state index contributed by atoms with van der Waals surface area (Å²) < 4.78 is 5.17. The molecule has 0 spiro atoms. The number of carbonyl (C=O) groups excluding carboxylic acids is 1. The molecule has 25 heavy (non-hydrogen) atoms. The molecule has 0 fully saturated rings. The molecule has 3 rings (SSSR count). The van der Waals surface area contributed by atoms with Gasteiger partial charge in [-0.05, 0) is 5.56 Å². The lowest BCUT2D eigenvalue weighted by molar-refractivity contribution is -0.141. The average Bonchev–Trinajstić information content (AvgIpc) is 2.66. The second-order valence-electron chi connectivity index (χ2n) is 5.11. The van der Waals surface area contributed by atoms with Gasteiger partial charge in [0.1, 0.15) is 6.61 Å². The minimum Gasteiger partial charge on any atom is -0.460 e. The number of nitrogens with zero attached hydrogens (tertiary/aromatic N) is 2. The molecule has 0 saturated carbocycles. The zero-order valence-corrected chi connectivity index (χ0v) is 14.0. The van der Waals surface area contributed by atoms with Crippen LogP contribution in [0.4, 0.5) is 0 Å². The molecule has 0 aliphatic carbocycles. The first-order chi connectivity index (χ1) is 12.2. The molecule has 7 heteroatoms. The van der Waals surface area contributed by atoms with Gasteiger partial charge in [0.2, 0.25) is 0 Å². The monoisotopic (exact) mass is 353 g/mol. The normalized spacial score (nSPS) is 10.4. The molecular weight excluding hydrogens is 338 g/mol. The minimum atomic E-state index is -0.386. The highest BCUT2D eigenvalue weighted by molar-refractivity contribution is 7.99. The molecule has 0 radical (unpaired) electrons. The molecule has 0 atom stereocenters. The van der Waals surface area contributed by atoms with Crippen LogP contribution in [0.5, 0.6) is 0 Å². The number of rotatable bonds is 6. The summed E-state index contributed by atoms with van der Waals surface area (Å²) >= 11 is 1.08. The largest absolute Gasteiger partial charge is 0.460 e. The van der Waals surface area contributed by atoms with Gasteiger partial charge in [-0.15, -0.1) is 10.2 Å². The van der Waals surface area contributed by atoms with E-state index in [4.69, 9.17) is 4.74 Å². The van der Waals surface area contributed by atoms with Crippen LogP contribution in [0.2, 0.25) is 0 Å². The van der Waals surface area contributed by atoms with Crippen molar-refractivity contribution in [3.05, 3.63) is 76.6 Å². The maximum atomic E-state index is 12.1. The van der Waals surface area contributed by atoms with E-state index in [-0.39, 0.29) is 34.7 Å². The number of thioether (sulfide) groups is 1. The van der Waals surface area contributed by atoms with Gasteiger partial charge in [-0.2, -0.15) is 0 Å². The Morgan fingerprint density at radius 1 is 1.00 bits per heavy atom. The standard InChI is InChI=1S/C18H15N3O3S/c22-15(24-11-13-7-3-1-4-8-13)12-25-18-19-17(23)16(20-21-18)14-9-5-2-6-10-14/h1-10H,11-12H2,(H,19,21,23). The van der Waals surface area contributed by atoms with Crippen molar-refractivity contribution >= 4 is 17.7 Å². The first-order valence-electron chi connectivity index (χ1n) is 7.57. The van der Waals surface area contributed by atoms with Gasteiger partial charge >= 0.3 is 5.97 Å². The Bertz CT molecular complexity index is 898. The topological polar surface area (TPSA) is 84.9 Å². The lowest BCUT2D eigenvalue weighted by Gasteiger charge is -2.04. The van der Waals surface area contributed by atoms with Crippen LogP contribution in [0.3, 0.4) is 0 Å². The molecule has 3 aromatic rings. The van der Waals surface area contributed by atoms with E-state index >= 15 is 0 Å². The maximum Gasteiger partial charge on any atom is 0.316 e. The molecule has 0 aliphatic rings. The number of ether oxygens (including phenoxy) is 1. The first kappa shape index (κ1) is 16.9. The Morgan fingerprint density at radius 2 is 1.68 bits per heavy atom. The highest BCUT2D eigenvalue weighted by Gasteiger charge is 2.10. The first-order valence-corrected chi connectivity index (χ1v) is 8.56. The molecule has 126 valence electrons. The van der Waals surface area contributed by atoms with E-state index in [1.165, 1.54) is 0 Å². The molecule has 1 N–H and O–H groups in total. The summed E-state index contributed by atoms with van der Waals surface area (Å²) in [4.78, 5) is 26.5. The van der Waals surface area contributed by atoms with Crippen LogP contribution in [0.25, 0.3) is 11.3 Å². The molecule has 0 saturated heterocycles. The van der Waals surface area contributed by atoms with Gasteiger partial charge in [0.05, 0.1) is 5.75 Å². The molecule has 1 heterocycles. The van der Waals surface area contributed by atoms with Crippen molar-refractivity contribution < 1.29 is 9.53 Å². The number of hydrogen-bond acceptors (Lipinski definition) is 6. The molecule has 1 aromatic heterocycles. The number of benzene rings is 2. The van der Waals surface area contributed by atoms with E-state index in [0.717, 1.165) is 17.3 Å². The Labute approximate surface area is 148 Å². The van der Waals surface area contributed by atoms with Gasteiger partial charge in [-0.1, -0.05) is 72.4 Å². The number of carbonyl (C=O) groups is 1. The fourth-order valence-corrected chi connectivity index (χ4v) is 2.68. The van der Waals surface area contributed by atoms with Crippen LogP contribution >= 0.6 is 11.8 Å². The summed E-state index contributed by atoms with van der Waals surface area (Å²) in [5, 5.41) is 8.19. The Hall–Kier alpha value is -2.93. The summed E-state index contributed by atoms with van der Waals surface area (Å²) in [6.07, 6.45) is 0. The van der Waals surface area contributed by atoms with Crippen molar-refractivity contribution in [3.63, 3.8) is 0 Å². The summed E-state index contributed by atoms with van der Waals surface area (Å²) in [5.74, 6) is -0.342. The SMILES string of the molecule is O=C(CSc1nnc(-c2ccccc2)c(=O)[nH]1)OCc1ccccc1. The Morgan fingerprint density at radius 3 is 2.36 bits per heavy atom. The molecule has 0 unspecified atom stereocenters. The number of aromatic amines is 1. The second kappa shape index (κ2) is 8.25. The van der Waals surface area contributed by atoms with Gasteiger partial charge in [0.15, 0.2) is 10.9 Å². The smallest absolute Gasteiger partial charge is 0.316 e. The lowest BCUT2D eigenvalue weighted by Crippen LogP contribution is -2.15. The molecule has 0 aliphatic heterocycles. The second-order valence-corrected chi connectivity index (χ2v) is 6.07.